The van der Waals surface area contributed by atoms with Gasteiger partial charge >= 0.3 is 0 Å². The fourth-order valence-electron chi connectivity index (χ4n) is 2.87. The molecule has 1 aliphatic heterocycles. The molecule has 0 saturated heterocycles. The average molecular weight is 421 g/mol. The fraction of sp³-hybridized carbons (Fsp3) is 0.0435. The van der Waals surface area contributed by atoms with Crippen LogP contribution in [-0.2, 0) is 11.3 Å². The van der Waals surface area contributed by atoms with Crippen molar-refractivity contribution in [3.8, 4) is 0 Å². The number of carbonyl (C=O) groups excluding carboxylic acids is 2. The highest BCUT2D eigenvalue weighted by atomic mass is 35.5. The number of benzene rings is 3. The largest absolute Gasteiger partial charge is 0.348 e. The smallest absolute Gasteiger partial charge is 0.262 e. The molecule has 0 radical (unpaired) electrons. The van der Waals surface area contributed by atoms with Gasteiger partial charge in [0.25, 0.3) is 11.8 Å². The lowest BCUT2D eigenvalue weighted by Gasteiger charge is -2.18. The highest BCUT2D eigenvalue weighted by molar-refractivity contribution is 8.04. The number of halogens is 1. The van der Waals surface area contributed by atoms with Gasteiger partial charge in [0, 0.05) is 22.0 Å². The maximum Gasteiger partial charge on any atom is 0.262 e. The predicted octanol–water partition coefficient (Wildman–Crippen LogP) is 5.36. The predicted molar refractivity (Wildman–Crippen MR) is 118 cm³/mol. The highest BCUT2D eigenvalue weighted by Gasteiger charge is 2.20. The standard InChI is InChI=1S/C23H17ClN2O2S/c24-18-11-7-16(8-12-18)14-25-22(27)17-9-5-15(6-10-17)13-21-23(28)26-19-3-1-2-4-20(19)29-21/h1-13H,14H2,(H,25,27)(H,26,28)/b21-13+. The molecule has 4 nitrogen and oxygen atoms in total. The zero-order valence-corrected chi connectivity index (χ0v) is 16.9. The minimum Gasteiger partial charge on any atom is -0.348 e. The molecule has 0 aliphatic carbocycles. The molecule has 0 unspecified atom stereocenters. The second kappa shape index (κ2) is 8.55. The van der Waals surface area contributed by atoms with E-state index < -0.39 is 0 Å². The zero-order chi connectivity index (χ0) is 20.2. The van der Waals surface area contributed by atoms with Gasteiger partial charge < -0.3 is 10.6 Å². The van der Waals surface area contributed by atoms with Crippen LogP contribution in [0.1, 0.15) is 21.5 Å². The Labute approximate surface area is 178 Å². The molecular weight excluding hydrogens is 404 g/mol. The first-order valence-corrected chi connectivity index (χ1v) is 10.2. The first kappa shape index (κ1) is 19.3. The Hall–Kier alpha value is -3.02. The number of anilines is 1. The van der Waals surface area contributed by atoms with Gasteiger partial charge in [-0.3, -0.25) is 9.59 Å². The molecule has 1 aliphatic rings. The van der Waals surface area contributed by atoms with Gasteiger partial charge in [-0.05, 0) is 53.6 Å². The van der Waals surface area contributed by atoms with Crippen molar-refractivity contribution in [2.45, 2.75) is 11.4 Å². The summed E-state index contributed by atoms with van der Waals surface area (Å²) >= 11 is 7.31. The van der Waals surface area contributed by atoms with E-state index >= 15 is 0 Å². The topological polar surface area (TPSA) is 58.2 Å². The van der Waals surface area contributed by atoms with E-state index in [1.807, 2.05) is 54.6 Å². The first-order valence-electron chi connectivity index (χ1n) is 9.01. The summed E-state index contributed by atoms with van der Waals surface area (Å²) in [5.74, 6) is -0.281. The van der Waals surface area contributed by atoms with Crippen LogP contribution in [0.15, 0.2) is 82.6 Å². The first-order chi connectivity index (χ1) is 14.1. The number of fused-ring (bicyclic) bond motifs is 1. The molecule has 144 valence electrons. The second-order valence-electron chi connectivity index (χ2n) is 6.49. The molecule has 0 bridgehead atoms. The molecule has 4 rings (SSSR count). The number of rotatable bonds is 4. The van der Waals surface area contributed by atoms with Gasteiger partial charge in [-0.2, -0.15) is 0 Å². The van der Waals surface area contributed by atoms with Crippen molar-refractivity contribution >= 4 is 46.9 Å². The Kier molecular flexibility index (Phi) is 5.69. The number of nitrogens with one attached hydrogen (secondary N) is 2. The molecule has 2 N–H and O–H groups in total. The van der Waals surface area contributed by atoms with E-state index in [2.05, 4.69) is 10.6 Å². The van der Waals surface area contributed by atoms with Crippen LogP contribution in [0.4, 0.5) is 5.69 Å². The van der Waals surface area contributed by atoms with Crippen LogP contribution in [-0.4, -0.2) is 11.8 Å². The van der Waals surface area contributed by atoms with Gasteiger partial charge in [0.2, 0.25) is 0 Å². The van der Waals surface area contributed by atoms with E-state index in [-0.39, 0.29) is 11.8 Å². The van der Waals surface area contributed by atoms with Crippen LogP contribution >= 0.6 is 23.4 Å². The van der Waals surface area contributed by atoms with Crippen molar-refractivity contribution in [3.05, 3.63) is 99.4 Å². The maximum atomic E-state index is 12.4. The molecule has 0 atom stereocenters. The quantitative estimate of drug-likeness (QED) is 0.559. The van der Waals surface area contributed by atoms with Gasteiger partial charge in [-0.25, -0.2) is 0 Å². The van der Waals surface area contributed by atoms with E-state index in [9.17, 15) is 9.59 Å². The summed E-state index contributed by atoms with van der Waals surface area (Å²) < 4.78 is 0. The number of para-hydroxylation sites is 1. The monoisotopic (exact) mass is 420 g/mol. The molecule has 0 saturated carbocycles. The summed E-state index contributed by atoms with van der Waals surface area (Å²) in [5.41, 5.74) is 3.22. The van der Waals surface area contributed by atoms with E-state index in [0.717, 1.165) is 21.7 Å². The molecule has 3 aromatic carbocycles. The minimum atomic E-state index is -0.155. The third-order valence-corrected chi connectivity index (χ3v) is 5.77. The summed E-state index contributed by atoms with van der Waals surface area (Å²) in [4.78, 5) is 26.3. The second-order valence-corrected chi connectivity index (χ2v) is 8.01. The highest BCUT2D eigenvalue weighted by Crippen LogP contribution is 2.38. The lowest BCUT2D eigenvalue weighted by molar-refractivity contribution is -0.112. The van der Waals surface area contributed by atoms with E-state index in [0.29, 0.717) is 22.0 Å². The van der Waals surface area contributed by atoms with Crippen molar-refractivity contribution in [2.75, 3.05) is 5.32 Å². The summed E-state index contributed by atoms with van der Waals surface area (Å²) in [6, 6.07) is 22.2. The third-order valence-electron chi connectivity index (χ3n) is 4.42. The van der Waals surface area contributed by atoms with Gasteiger partial charge in [0.1, 0.15) is 0 Å². The molecule has 2 amide bonds. The molecule has 6 heteroatoms. The van der Waals surface area contributed by atoms with Crippen LogP contribution in [0.2, 0.25) is 5.02 Å². The number of carbonyl (C=O) groups is 2. The number of hydrogen-bond donors (Lipinski definition) is 2. The lowest BCUT2D eigenvalue weighted by atomic mass is 10.1. The number of thioether (sulfide) groups is 1. The normalized spacial score (nSPS) is 14.2. The van der Waals surface area contributed by atoms with Crippen molar-refractivity contribution in [2.24, 2.45) is 0 Å². The van der Waals surface area contributed by atoms with E-state index in [1.165, 1.54) is 11.8 Å². The van der Waals surface area contributed by atoms with Crippen molar-refractivity contribution in [1.82, 2.24) is 5.32 Å². The van der Waals surface area contributed by atoms with Crippen LogP contribution < -0.4 is 10.6 Å². The van der Waals surface area contributed by atoms with Crippen LogP contribution in [0, 0.1) is 0 Å². The van der Waals surface area contributed by atoms with Crippen LogP contribution in [0.25, 0.3) is 6.08 Å². The van der Waals surface area contributed by atoms with Crippen molar-refractivity contribution < 1.29 is 9.59 Å². The Morgan fingerprint density at radius 2 is 1.72 bits per heavy atom. The van der Waals surface area contributed by atoms with Gasteiger partial charge in [-0.1, -0.05) is 59.8 Å². The zero-order valence-electron chi connectivity index (χ0n) is 15.3. The lowest BCUT2D eigenvalue weighted by Crippen LogP contribution is -2.22. The van der Waals surface area contributed by atoms with E-state index in [1.54, 1.807) is 24.3 Å². The summed E-state index contributed by atoms with van der Waals surface area (Å²) in [7, 11) is 0. The molecule has 1 heterocycles. The van der Waals surface area contributed by atoms with E-state index in [4.69, 9.17) is 11.6 Å². The Bertz CT molecular complexity index is 1090. The van der Waals surface area contributed by atoms with Gasteiger partial charge in [0.15, 0.2) is 0 Å². The third kappa shape index (κ3) is 4.70. The average Bonchev–Trinajstić information content (AvgIpc) is 2.74. The Balaban J connectivity index is 1.42. The maximum absolute atomic E-state index is 12.4. The number of amides is 2. The molecular formula is C23H17ClN2O2S. The number of hydrogen-bond acceptors (Lipinski definition) is 3. The van der Waals surface area contributed by atoms with Crippen molar-refractivity contribution in [3.63, 3.8) is 0 Å². The fourth-order valence-corrected chi connectivity index (χ4v) is 3.95. The van der Waals surface area contributed by atoms with Crippen LogP contribution in [0.3, 0.4) is 0 Å². The summed E-state index contributed by atoms with van der Waals surface area (Å²) in [5, 5.41) is 6.45. The SMILES string of the molecule is O=C1Nc2ccccc2S/C1=C/c1ccc(C(=O)NCc2ccc(Cl)cc2)cc1. The van der Waals surface area contributed by atoms with Crippen LogP contribution in [0.5, 0.6) is 0 Å². The molecule has 0 fully saturated rings. The Morgan fingerprint density at radius 3 is 2.48 bits per heavy atom. The molecule has 3 aromatic rings. The molecule has 29 heavy (non-hydrogen) atoms. The van der Waals surface area contributed by atoms with Crippen molar-refractivity contribution in [1.29, 1.82) is 0 Å². The molecule has 0 spiro atoms. The van der Waals surface area contributed by atoms with Gasteiger partial charge in [-0.15, -0.1) is 0 Å². The minimum absolute atomic E-state index is 0.126. The summed E-state index contributed by atoms with van der Waals surface area (Å²) in [6.07, 6.45) is 1.82. The van der Waals surface area contributed by atoms with Gasteiger partial charge in [0.05, 0.1) is 10.6 Å². The Morgan fingerprint density at radius 1 is 1.00 bits per heavy atom. The molecule has 0 aromatic heterocycles. The summed E-state index contributed by atoms with van der Waals surface area (Å²) in [6.45, 7) is 0.429.